The fourth-order valence-corrected chi connectivity index (χ4v) is 1.47. The molecule has 0 bridgehead atoms. The first-order valence-corrected chi connectivity index (χ1v) is 5.48. The summed E-state index contributed by atoms with van der Waals surface area (Å²) < 4.78 is 0. The van der Waals surface area contributed by atoms with Gasteiger partial charge in [0.05, 0.1) is 0 Å². The molecule has 2 N–H and O–H groups in total. The van der Waals surface area contributed by atoms with E-state index >= 15 is 0 Å². The molecular formula is C10H16N4O3. The Labute approximate surface area is 99.3 Å². The van der Waals surface area contributed by atoms with Gasteiger partial charge in [0.1, 0.15) is 6.04 Å². The second-order valence-corrected chi connectivity index (χ2v) is 3.57. The first kappa shape index (κ1) is 13.1. The van der Waals surface area contributed by atoms with Crippen molar-refractivity contribution in [3.63, 3.8) is 0 Å². The molecule has 1 unspecified atom stereocenters. The van der Waals surface area contributed by atoms with Gasteiger partial charge < -0.3 is 4.90 Å². The molecule has 1 aliphatic heterocycles. The molecule has 1 rings (SSSR count). The summed E-state index contributed by atoms with van der Waals surface area (Å²) in [5, 5.41) is 4.49. The lowest BCUT2D eigenvalue weighted by atomic mass is 10.3. The zero-order chi connectivity index (χ0) is 13.0. The van der Waals surface area contributed by atoms with Crippen LogP contribution in [0.5, 0.6) is 0 Å². The molecule has 0 aromatic carbocycles. The van der Waals surface area contributed by atoms with Crippen LogP contribution in [0.2, 0.25) is 0 Å². The van der Waals surface area contributed by atoms with Gasteiger partial charge in [-0.15, -0.1) is 0 Å². The summed E-state index contributed by atoms with van der Waals surface area (Å²) in [6.45, 7) is 6.57. The van der Waals surface area contributed by atoms with Crippen molar-refractivity contribution in [2.75, 3.05) is 13.1 Å². The average Bonchev–Trinajstić information content (AvgIpc) is 2.59. The van der Waals surface area contributed by atoms with E-state index in [1.807, 2.05) is 13.8 Å². The third-order valence-electron chi connectivity index (χ3n) is 2.43. The maximum atomic E-state index is 11.8. The summed E-state index contributed by atoms with van der Waals surface area (Å²) in [5.41, 5.74) is 0. The summed E-state index contributed by atoms with van der Waals surface area (Å²) in [7, 11) is 0. The van der Waals surface area contributed by atoms with Crippen LogP contribution in [0.15, 0.2) is 4.99 Å². The lowest BCUT2D eigenvalue weighted by Crippen LogP contribution is -2.38. The standard InChI is InChI=1S/C10H16N4O3/c1-4-14(5-2)9(17)6(3)11-10-12-7(15)8(16)13-10/h6H,4-5H2,1-3H3,(H2,11,12,13,15,16). The topological polar surface area (TPSA) is 90.9 Å². The van der Waals surface area contributed by atoms with Gasteiger partial charge in [0.2, 0.25) is 11.9 Å². The molecule has 1 saturated heterocycles. The summed E-state index contributed by atoms with van der Waals surface area (Å²) in [5.74, 6) is -1.62. The normalized spacial score (nSPS) is 16.3. The molecule has 0 spiro atoms. The SMILES string of the molecule is CCN(CC)C(=O)C(C)N=C1NC(=O)C(=O)N1. The number of guanidine groups is 1. The fraction of sp³-hybridized carbons (Fsp3) is 0.600. The van der Waals surface area contributed by atoms with E-state index < -0.39 is 17.9 Å². The lowest BCUT2D eigenvalue weighted by molar-refractivity contribution is -0.135. The van der Waals surface area contributed by atoms with Gasteiger partial charge in [-0.1, -0.05) is 0 Å². The average molecular weight is 240 g/mol. The third kappa shape index (κ3) is 3.02. The molecular weight excluding hydrogens is 224 g/mol. The number of aliphatic imine (C=N–C) groups is 1. The molecule has 1 atom stereocenters. The van der Waals surface area contributed by atoms with Gasteiger partial charge in [0, 0.05) is 13.1 Å². The Morgan fingerprint density at radius 1 is 1.24 bits per heavy atom. The van der Waals surface area contributed by atoms with Crippen molar-refractivity contribution in [1.29, 1.82) is 0 Å². The van der Waals surface area contributed by atoms with E-state index in [1.54, 1.807) is 11.8 Å². The number of carbonyl (C=O) groups excluding carboxylic acids is 3. The van der Waals surface area contributed by atoms with E-state index in [0.717, 1.165) is 0 Å². The predicted molar refractivity (Wildman–Crippen MR) is 61.1 cm³/mol. The van der Waals surface area contributed by atoms with E-state index in [4.69, 9.17) is 0 Å². The van der Waals surface area contributed by atoms with Crippen LogP contribution >= 0.6 is 0 Å². The van der Waals surface area contributed by atoms with Crippen molar-refractivity contribution >= 4 is 23.7 Å². The second-order valence-electron chi connectivity index (χ2n) is 3.57. The molecule has 1 aliphatic rings. The number of rotatable bonds is 4. The number of hydrogen-bond donors (Lipinski definition) is 2. The van der Waals surface area contributed by atoms with Crippen LogP contribution in [0, 0.1) is 0 Å². The minimum Gasteiger partial charge on any atom is -0.341 e. The molecule has 0 saturated carbocycles. The lowest BCUT2D eigenvalue weighted by Gasteiger charge is -2.20. The summed E-state index contributed by atoms with van der Waals surface area (Å²) in [6, 6.07) is -0.636. The smallest absolute Gasteiger partial charge is 0.316 e. The molecule has 17 heavy (non-hydrogen) atoms. The van der Waals surface area contributed by atoms with Crippen molar-refractivity contribution in [1.82, 2.24) is 15.5 Å². The first-order chi connectivity index (χ1) is 7.99. The van der Waals surface area contributed by atoms with Crippen molar-refractivity contribution in [3.05, 3.63) is 0 Å². The number of amides is 3. The maximum Gasteiger partial charge on any atom is 0.316 e. The Morgan fingerprint density at radius 3 is 2.12 bits per heavy atom. The molecule has 1 heterocycles. The molecule has 0 aliphatic carbocycles. The number of likely N-dealkylation sites (N-methyl/N-ethyl adjacent to an activating group) is 1. The third-order valence-corrected chi connectivity index (χ3v) is 2.43. The van der Waals surface area contributed by atoms with Gasteiger partial charge in [0.15, 0.2) is 0 Å². The number of nitrogens with zero attached hydrogens (tertiary/aromatic N) is 2. The van der Waals surface area contributed by atoms with Gasteiger partial charge in [-0.25, -0.2) is 4.99 Å². The van der Waals surface area contributed by atoms with Gasteiger partial charge in [0.25, 0.3) is 0 Å². The molecule has 7 nitrogen and oxygen atoms in total. The highest BCUT2D eigenvalue weighted by molar-refractivity contribution is 6.45. The molecule has 94 valence electrons. The van der Waals surface area contributed by atoms with Crippen LogP contribution in [0.4, 0.5) is 0 Å². The van der Waals surface area contributed by atoms with Crippen molar-refractivity contribution in [3.8, 4) is 0 Å². The molecule has 3 amide bonds. The largest absolute Gasteiger partial charge is 0.341 e. The number of hydrogen-bond acceptors (Lipinski definition) is 4. The van der Waals surface area contributed by atoms with Gasteiger partial charge in [-0.2, -0.15) is 0 Å². The zero-order valence-corrected chi connectivity index (χ0v) is 10.1. The minimum absolute atomic E-state index is 0.0352. The highest BCUT2D eigenvalue weighted by Crippen LogP contribution is 1.99. The van der Waals surface area contributed by atoms with E-state index in [2.05, 4.69) is 15.6 Å². The first-order valence-electron chi connectivity index (χ1n) is 5.48. The van der Waals surface area contributed by atoms with Crippen molar-refractivity contribution in [2.24, 2.45) is 4.99 Å². The van der Waals surface area contributed by atoms with Crippen LogP contribution in [0.3, 0.4) is 0 Å². The highest BCUT2D eigenvalue weighted by atomic mass is 16.2. The Kier molecular flexibility index (Phi) is 4.19. The van der Waals surface area contributed by atoms with Gasteiger partial charge in [-0.3, -0.25) is 25.0 Å². The molecule has 0 aromatic rings. The van der Waals surface area contributed by atoms with Gasteiger partial charge in [-0.05, 0) is 20.8 Å². The zero-order valence-electron chi connectivity index (χ0n) is 10.1. The van der Waals surface area contributed by atoms with Crippen molar-refractivity contribution < 1.29 is 14.4 Å². The Hall–Kier alpha value is -1.92. The second kappa shape index (κ2) is 5.42. The number of carbonyl (C=O) groups is 3. The van der Waals surface area contributed by atoms with Crippen molar-refractivity contribution in [2.45, 2.75) is 26.8 Å². The molecule has 1 fully saturated rings. The number of nitrogens with one attached hydrogen (secondary N) is 2. The Bertz CT molecular complexity index is 356. The highest BCUT2D eigenvalue weighted by Gasteiger charge is 2.27. The Balaban J connectivity index is 2.69. The quantitative estimate of drug-likeness (QED) is 0.608. The molecule has 7 heteroatoms. The monoisotopic (exact) mass is 240 g/mol. The fourth-order valence-electron chi connectivity index (χ4n) is 1.47. The summed E-state index contributed by atoms with van der Waals surface area (Å²) in [4.78, 5) is 39.2. The van der Waals surface area contributed by atoms with Crippen LogP contribution < -0.4 is 10.6 Å². The predicted octanol–water partition coefficient (Wildman–Crippen LogP) is -1.15. The van der Waals surface area contributed by atoms with E-state index in [1.165, 1.54) is 0 Å². The van der Waals surface area contributed by atoms with Crippen LogP contribution in [0.1, 0.15) is 20.8 Å². The van der Waals surface area contributed by atoms with Crippen LogP contribution in [-0.4, -0.2) is 47.7 Å². The minimum atomic E-state index is -0.758. The maximum absolute atomic E-state index is 11.8. The van der Waals surface area contributed by atoms with E-state index in [0.29, 0.717) is 13.1 Å². The van der Waals surface area contributed by atoms with E-state index in [9.17, 15) is 14.4 Å². The summed E-state index contributed by atoms with van der Waals surface area (Å²) >= 11 is 0. The van der Waals surface area contributed by atoms with Gasteiger partial charge >= 0.3 is 11.8 Å². The summed E-state index contributed by atoms with van der Waals surface area (Å²) in [6.07, 6.45) is 0. The van der Waals surface area contributed by atoms with Crippen LogP contribution in [-0.2, 0) is 14.4 Å². The molecule has 0 radical (unpaired) electrons. The van der Waals surface area contributed by atoms with Crippen LogP contribution in [0.25, 0.3) is 0 Å². The van der Waals surface area contributed by atoms with E-state index in [-0.39, 0.29) is 11.9 Å². The molecule has 0 aromatic heterocycles. The Morgan fingerprint density at radius 2 is 1.71 bits per heavy atom.